The average molecular weight is 482 g/mol. The zero-order valence-electron chi connectivity index (χ0n) is 20.2. The van der Waals surface area contributed by atoms with E-state index >= 15 is 0 Å². The van der Waals surface area contributed by atoms with Crippen LogP contribution in [-0.4, -0.2) is 70.0 Å². The fraction of sp³-hybridized carbons (Fsp3) is 0.261. The second-order valence-corrected chi connectivity index (χ2v) is 6.73. The summed E-state index contributed by atoms with van der Waals surface area (Å²) in [5.74, 6) is 3.00. The van der Waals surface area contributed by atoms with Gasteiger partial charge >= 0.3 is 0 Å². The molecule has 0 atom stereocenters. The molecule has 2 N–H and O–H groups in total. The maximum absolute atomic E-state index is 5.83. The second-order valence-electron chi connectivity index (χ2n) is 6.73. The number of anilines is 1. The van der Waals surface area contributed by atoms with Crippen molar-refractivity contribution < 1.29 is 28.4 Å². The zero-order chi connectivity index (χ0) is 25.4. The summed E-state index contributed by atoms with van der Waals surface area (Å²) in [5, 5.41) is 0. The van der Waals surface area contributed by atoms with E-state index in [1.807, 2.05) is 0 Å². The third kappa shape index (κ3) is 5.85. The van der Waals surface area contributed by atoms with Crippen molar-refractivity contribution in [3.8, 4) is 34.5 Å². The van der Waals surface area contributed by atoms with Crippen molar-refractivity contribution >= 4 is 30.3 Å². The molecule has 0 saturated heterocycles. The number of rotatable bonds is 10. The van der Waals surface area contributed by atoms with E-state index in [0.717, 1.165) is 0 Å². The number of methoxy groups -OCH3 is 6. The van der Waals surface area contributed by atoms with E-state index in [1.165, 1.54) is 55.1 Å². The number of hydrogen-bond donors (Lipinski definition) is 1. The minimum absolute atomic E-state index is 0.0333. The average Bonchev–Trinajstić information content (AvgIpc) is 2.88. The Morgan fingerprint density at radius 2 is 0.914 bits per heavy atom. The van der Waals surface area contributed by atoms with E-state index in [0.29, 0.717) is 45.6 Å². The molecule has 1 aromatic heterocycles. The van der Waals surface area contributed by atoms with Gasteiger partial charge in [-0.1, -0.05) is 0 Å². The summed E-state index contributed by atoms with van der Waals surface area (Å²) in [6, 6.07) is 6.94. The van der Waals surface area contributed by atoms with Gasteiger partial charge < -0.3 is 34.2 Å². The lowest BCUT2D eigenvalue weighted by atomic mass is 10.2. The molecule has 3 aromatic rings. The summed E-state index contributed by atoms with van der Waals surface area (Å²) in [6.45, 7) is 0. The molecule has 0 unspecified atom stereocenters. The monoisotopic (exact) mass is 482 g/mol. The van der Waals surface area contributed by atoms with Crippen LogP contribution < -0.4 is 34.2 Å². The Balaban J connectivity index is 1.90. The van der Waals surface area contributed by atoms with Crippen molar-refractivity contribution in [1.29, 1.82) is 0 Å². The number of benzene rings is 2. The van der Waals surface area contributed by atoms with Crippen LogP contribution in [0.5, 0.6) is 34.5 Å². The smallest absolute Gasteiger partial charge is 0.256 e. The van der Waals surface area contributed by atoms with Crippen molar-refractivity contribution in [3.05, 3.63) is 35.4 Å². The lowest BCUT2D eigenvalue weighted by Gasteiger charge is -2.12. The van der Waals surface area contributed by atoms with Gasteiger partial charge in [-0.25, -0.2) is 9.98 Å². The van der Waals surface area contributed by atoms with Crippen LogP contribution in [-0.2, 0) is 0 Å². The van der Waals surface area contributed by atoms with Gasteiger partial charge in [0.1, 0.15) is 0 Å². The van der Waals surface area contributed by atoms with Gasteiger partial charge in [0, 0.05) is 23.6 Å². The molecule has 1 heterocycles. The molecule has 0 amide bonds. The maximum atomic E-state index is 5.83. The van der Waals surface area contributed by atoms with Crippen molar-refractivity contribution in [3.63, 3.8) is 0 Å². The Morgan fingerprint density at radius 3 is 1.20 bits per heavy atom. The highest BCUT2D eigenvalue weighted by Gasteiger charge is 2.14. The molecular formula is C23H26N6O6. The van der Waals surface area contributed by atoms with Crippen molar-refractivity contribution in [1.82, 2.24) is 15.0 Å². The number of aromatic nitrogens is 3. The third-order valence-corrected chi connectivity index (χ3v) is 4.66. The van der Waals surface area contributed by atoms with E-state index in [1.54, 1.807) is 24.3 Å². The van der Waals surface area contributed by atoms with Gasteiger partial charge in [0.05, 0.1) is 42.7 Å². The molecule has 0 radical (unpaired) electrons. The Bertz CT molecular complexity index is 1110. The van der Waals surface area contributed by atoms with Gasteiger partial charge in [-0.3, -0.25) is 0 Å². The molecular weight excluding hydrogens is 456 g/mol. The number of ether oxygens (including phenoxy) is 6. The lowest BCUT2D eigenvalue weighted by molar-refractivity contribution is 0.324. The Hall–Kier alpha value is -4.61. The van der Waals surface area contributed by atoms with E-state index in [9.17, 15) is 0 Å². The van der Waals surface area contributed by atoms with E-state index < -0.39 is 0 Å². The topological polar surface area (TPSA) is 145 Å². The number of nitrogens with zero attached hydrogens (tertiary/aromatic N) is 5. The van der Waals surface area contributed by atoms with E-state index in [4.69, 9.17) is 34.2 Å². The van der Waals surface area contributed by atoms with Crippen LogP contribution in [0.3, 0.4) is 0 Å². The van der Waals surface area contributed by atoms with Gasteiger partial charge in [-0.05, 0) is 24.3 Å². The lowest BCUT2D eigenvalue weighted by Crippen LogP contribution is -1.98. The van der Waals surface area contributed by atoms with Gasteiger partial charge in [-0.2, -0.15) is 15.0 Å². The first kappa shape index (κ1) is 25.0. The van der Waals surface area contributed by atoms with Crippen LogP contribution >= 0.6 is 0 Å². The zero-order valence-corrected chi connectivity index (χ0v) is 20.2. The van der Waals surface area contributed by atoms with E-state index in [-0.39, 0.29) is 17.8 Å². The summed E-state index contributed by atoms with van der Waals surface area (Å²) in [5.41, 5.74) is 7.17. The minimum Gasteiger partial charge on any atom is -0.493 e. The van der Waals surface area contributed by atoms with Crippen LogP contribution in [0.25, 0.3) is 0 Å². The molecule has 2 aromatic carbocycles. The third-order valence-electron chi connectivity index (χ3n) is 4.66. The predicted molar refractivity (Wildman–Crippen MR) is 131 cm³/mol. The molecule has 3 rings (SSSR count). The summed E-state index contributed by atoms with van der Waals surface area (Å²) < 4.78 is 32.1. The van der Waals surface area contributed by atoms with Gasteiger partial charge in [-0.15, -0.1) is 0 Å². The molecule has 184 valence electrons. The maximum Gasteiger partial charge on any atom is 0.256 e. The summed E-state index contributed by atoms with van der Waals surface area (Å²) >= 11 is 0. The summed E-state index contributed by atoms with van der Waals surface area (Å²) in [7, 11) is 9.18. The van der Waals surface area contributed by atoms with Crippen LogP contribution in [0.1, 0.15) is 11.1 Å². The van der Waals surface area contributed by atoms with Gasteiger partial charge in [0.15, 0.2) is 23.0 Å². The SMILES string of the molecule is COc1cc(C=Nc2nc(N)nc(N=Cc3cc(OC)c(OC)c(OC)c3)n2)cc(OC)c1OC. The standard InChI is InChI=1S/C23H26N6O6/c1-30-15-7-13(8-16(31-2)19(15)34-5)11-25-22-27-21(24)28-23(29-22)26-12-14-9-17(32-3)20(35-6)18(10-14)33-4/h7-12H,1-6H3,(H2,24,27,28,29). The first-order valence-corrected chi connectivity index (χ1v) is 10.2. The Labute approximate surface area is 202 Å². The highest BCUT2D eigenvalue weighted by atomic mass is 16.5. The summed E-state index contributed by atoms with van der Waals surface area (Å²) in [6.07, 6.45) is 3.07. The fourth-order valence-corrected chi connectivity index (χ4v) is 3.10. The molecule has 0 aliphatic carbocycles. The molecule has 35 heavy (non-hydrogen) atoms. The van der Waals surface area contributed by atoms with Gasteiger partial charge in [0.25, 0.3) is 11.9 Å². The van der Waals surface area contributed by atoms with Crippen LogP contribution in [0.15, 0.2) is 34.3 Å². The van der Waals surface area contributed by atoms with E-state index in [2.05, 4.69) is 24.9 Å². The predicted octanol–water partition coefficient (Wildman–Crippen LogP) is 3.01. The number of nitrogens with two attached hydrogens (primary N) is 1. The van der Waals surface area contributed by atoms with Crippen LogP contribution in [0.4, 0.5) is 17.8 Å². The first-order valence-electron chi connectivity index (χ1n) is 10.2. The molecule has 12 nitrogen and oxygen atoms in total. The molecule has 12 heteroatoms. The highest BCUT2D eigenvalue weighted by Crippen LogP contribution is 2.38. The molecule has 0 fully saturated rings. The van der Waals surface area contributed by atoms with Gasteiger partial charge in [0.2, 0.25) is 17.4 Å². The van der Waals surface area contributed by atoms with Crippen molar-refractivity contribution in [2.75, 3.05) is 48.4 Å². The van der Waals surface area contributed by atoms with Crippen molar-refractivity contribution in [2.45, 2.75) is 0 Å². The largest absolute Gasteiger partial charge is 0.493 e. The molecule has 0 aliphatic heterocycles. The highest BCUT2D eigenvalue weighted by molar-refractivity contribution is 5.85. The minimum atomic E-state index is -0.0333. The van der Waals surface area contributed by atoms with Crippen LogP contribution in [0.2, 0.25) is 0 Å². The molecule has 0 saturated carbocycles. The molecule has 0 spiro atoms. The Kier molecular flexibility index (Phi) is 8.22. The number of aliphatic imine (C=N–C) groups is 2. The number of hydrogen-bond acceptors (Lipinski definition) is 12. The first-order chi connectivity index (χ1) is 17.0. The van der Waals surface area contributed by atoms with Crippen LogP contribution in [0, 0.1) is 0 Å². The quantitative estimate of drug-likeness (QED) is 0.428. The fourth-order valence-electron chi connectivity index (χ4n) is 3.10. The van der Waals surface area contributed by atoms with Crippen molar-refractivity contribution in [2.24, 2.45) is 9.98 Å². The second kappa shape index (κ2) is 11.5. The number of nitrogen functional groups attached to an aromatic ring is 1. The Morgan fingerprint density at radius 1 is 0.571 bits per heavy atom. The normalized spacial score (nSPS) is 11.0. The molecule has 0 bridgehead atoms. The summed E-state index contributed by atoms with van der Waals surface area (Å²) in [4.78, 5) is 20.9. The molecule has 0 aliphatic rings.